The van der Waals surface area contributed by atoms with E-state index in [0.29, 0.717) is 16.1 Å². The van der Waals surface area contributed by atoms with Gasteiger partial charge in [0.1, 0.15) is 11.9 Å². The molecule has 4 heteroatoms. The average molecular weight is 252 g/mol. The number of hydrogen-bond donors (Lipinski definition) is 1. The molecule has 1 aromatic heterocycles. The van der Waals surface area contributed by atoms with Gasteiger partial charge in [0.15, 0.2) is 0 Å². The Hall–Kier alpha value is -1.45. The molecule has 1 N–H and O–H groups in total. The van der Waals surface area contributed by atoms with E-state index in [0.717, 1.165) is 5.69 Å². The second-order valence-electron chi connectivity index (χ2n) is 3.80. The van der Waals surface area contributed by atoms with Crippen LogP contribution in [0, 0.1) is 12.7 Å². The number of aliphatic hydroxyl groups excluding tert-OH is 1. The van der Waals surface area contributed by atoms with Crippen molar-refractivity contribution in [3.8, 4) is 0 Å². The molecule has 0 saturated carbocycles. The van der Waals surface area contributed by atoms with E-state index in [9.17, 15) is 9.50 Å². The molecule has 1 unspecified atom stereocenters. The lowest BCUT2D eigenvalue weighted by Gasteiger charge is -2.13. The second-order valence-corrected chi connectivity index (χ2v) is 4.21. The fourth-order valence-corrected chi connectivity index (χ4v) is 1.77. The summed E-state index contributed by atoms with van der Waals surface area (Å²) in [4.78, 5) is 4.08. The van der Waals surface area contributed by atoms with Gasteiger partial charge >= 0.3 is 0 Å². The largest absolute Gasteiger partial charge is 0.384 e. The highest BCUT2D eigenvalue weighted by molar-refractivity contribution is 6.31. The summed E-state index contributed by atoms with van der Waals surface area (Å²) >= 11 is 5.93. The maximum atomic E-state index is 13.1. The van der Waals surface area contributed by atoms with Crippen LogP contribution in [0.15, 0.2) is 36.5 Å². The van der Waals surface area contributed by atoms with Gasteiger partial charge in [-0.3, -0.25) is 4.98 Å². The van der Waals surface area contributed by atoms with Crippen molar-refractivity contribution in [2.45, 2.75) is 13.0 Å². The number of halogens is 2. The monoisotopic (exact) mass is 251 g/mol. The first-order valence-corrected chi connectivity index (χ1v) is 5.51. The highest BCUT2D eigenvalue weighted by Crippen LogP contribution is 2.28. The Morgan fingerprint density at radius 1 is 1.29 bits per heavy atom. The number of pyridine rings is 1. The van der Waals surface area contributed by atoms with Crippen LogP contribution in [-0.2, 0) is 0 Å². The van der Waals surface area contributed by atoms with Gasteiger partial charge in [-0.15, -0.1) is 0 Å². The van der Waals surface area contributed by atoms with Gasteiger partial charge in [0.2, 0.25) is 0 Å². The number of aliphatic hydroxyl groups is 1. The number of aromatic nitrogens is 1. The topological polar surface area (TPSA) is 33.1 Å². The van der Waals surface area contributed by atoms with Crippen molar-refractivity contribution in [3.05, 3.63) is 64.2 Å². The molecular weight excluding hydrogens is 241 g/mol. The third-order valence-corrected chi connectivity index (χ3v) is 2.85. The number of aryl methyl sites for hydroxylation is 1. The van der Waals surface area contributed by atoms with E-state index in [4.69, 9.17) is 11.6 Å². The van der Waals surface area contributed by atoms with Crippen LogP contribution in [0.2, 0.25) is 5.02 Å². The molecule has 2 aromatic rings. The van der Waals surface area contributed by atoms with Crippen LogP contribution >= 0.6 is 11.6 Å². The van der Waals surface area contributed by atoms with Crippen LogP contribution in [0.4, 0.5) is 4.39 Å². The van der Waals surface area contributed by atoms with Gasteiger partial charge in [-0.25, -0.2) is 4.39 Å². The Balaban J connectivity index is 2.39. The van der Waals surface area contributed by atoms with Crippen molar-refractivity contribution in [1.82, 2.24) is 4.98 Å². The van der Waals surface area contributed by atoms with Crippen LogP contribution in [0.25, 0.3) is 0 Å². The zero-order valence-corrected chi connectivity index (χ0v) is 9.95. The molecule has 1 atom stereocenters. The summed E-state index contributed by atoms with van der Waals surface area (Å²) in [6.45, 7) is 1.85. The molecule has 1 aromatic carbocycles. The SMILES string of the molecule is Cc1ccc(C(O)c2cc(F)ccc2Cl)cn1. The normalized spacial score (nSPS) is 12.5. The summed E-state index contributed by atoms with van der Waals surface area (Å²) in [7, 11) is 0. The zero-order valence-electron chi connectivity index (χ0n) is 9.19. The van der Waals surface area contributed by atoms with E-state index in [-0.39, 0.29) is 0 Å². The summed E-state index contributed by atoms with van der Waals surface area (Å²) in [5.41, 5.74) is 1.78. The Kier molecular flexibility index (Phi) is 3.41. The van der Waals surface area contributed by atoms with Gasteiger partial charge in [0.25, 0.3) is 0 Å². The van der Waals surface area contributed by atoms with Crippen molar-refractivity contribution >= 4 is 11.6 Å². The van der Waals surface area contributed by atoms with Crippen LogP contribution < -0.4 is 0 Å². The lowest BCUT2D eigenvalue weighted by Crippen LogP contribution is -2.02. The molecule has 0 aliphatic rings. The first-order chi connectivity index (χ1) is 8.08. The van der Waals surface area contributed by atoms with Crippen molar-refractivity contribution in [1.29, 1.82) is 0 Å². The van der Waals surface area contributed by atoms with Crippen molar-refractivity contribution in [2.24, 2.45) is 0 Å². The summed E-state index contributed by atoms with van der Waals surface area (Å²) in [5.74, 6) is -0.427. The van der Waals surface area contributed by atoms with E-state index in [1.165, 1.54) is 18.2 Å². The van der Waals surface area contributed by atoms with E-state index >= 15 is 0 Å². The Morgan fingerprint density at radius 3 is 2.71 bits per heavy atom. The number of nitrogens with zero attached hydrogens (tertiary/aromatic N) is 1. The quantitative estimate of drug-likeness (QED) is 0.889. The van der Waals surface area contributed by atoms with Gasteiger partial charge in [-0.1, -0.05) is 17.7 Å². The highest BCUT2D eigenvalue weighted by Gasteiger charge is 2.14. The maximum Gasteiger partial charge on any atom is 0.123 e. The standard InChI is InChI=1S/C13H11ClFNO/c1-8-2-3-9(7-16-8)13(17)11-6-10(15)4-5-12(11)14/h2-7,13,17H,1H3. The molecule has 0 bridgehead atoms. The molecule has 0 aliphatic carbocycles. The highest BCUT2D eigenvalue weighted by atomic mass is 35.5. The molecule has 17 heavy (non-hydrogen) atoms. The first kappa shape index (κ1) is 12.0. The van der Waals surface area contributed by atoms with E-state index in [1.807, 2.05) is 6.92 Å². The first-order valence-electron chi connectivity index (χ1n) is 5.13. The molecule has 0 radical (unpaired) electrons. The van der Waals surface area contributed by atoms with Crippen LogP contribution in [0.3, 0.4) is 0 Å². The molecule has 88 valence electrons. The minimum Gasteiger partial charge on any atom is -0.384 e. The Labute approximate surface area is 104 Å². The van der Waals surface area contributed by atoms with Gasteiger partial charge in [0, 0.05) is 28.0 Å². The number of rotatable bonds is 2. The second kappa shape index (κ2) is 4.82. The Bertz CT molecular complexity index is 527. The van der Waals surface area contributed by atoms with Crippen LogP contribution in [0.1, 0.15) is 22.9 Å². The van der Waals surface area contributed by atoms with E-state index < -0.39 is 11.9 Å². The maximum absolute atomic E-state index is 13.1. The van der Waals surface area contributed by atoms with Gasteiger partial charge in [-0.2, -0.15) is 0 Å². The number of hydrogen-bond acceptors (Lipinski definition) is 2. The zero-order chi connectivity index (χ0) is 12.4. The minimum absolute atomic E-state index is 0.333. The fourth-order valence-electron chi connectivity index (χ4n) is 1.54. The lowest BCUT2D eigenvalue weighted by molar-refractivity contribution is 0.219. The summed E-state index contributed by atoms with van der Waals surface area (Å²) in [5, 5.41) is 10.4. The predicted molar refractivity (Wildman–Crippen MR) is 64.4 cm³/mol. The van der Waals surface area contributed by atoms with Crippen molar-refractivity contribution in [3.63, 3.8) is 0 Å². The van der Waals surface area contributed by atoms with Gasteiger partial charge in [-0.05, 0) is 31.2 Å². The minimum atomic E-state index is -0.966. The van der Waals surface area contributed by atoms with E-state index in [2.05, 4.69) is 4.98 Å². The average Bonchev–Trinajstić information content (AvgIpc) is 2.32. The summed E-state index contributed by atoms with van der Waals surface area (Å²) in [6, 6.07) is 7.44. The van der Waals surface area contributed by atoms with Crippen LogP contribution in [-0.4, -0.2) is 10.1 Å². The molecule has 0 spiro atoms. The van der Waals surface area contributed by atoms with Gasteiger partial charge < -0.3 is 5.11 Å². The molecule has 0 saturated heterocycles. The molecule has 0 aliphatic heterocycles. The molecule has 2 rings (SSSR count). The molecule has 2 nitrogen and oxygen atoms in total. The molecule has 0 fully saturated rings. The van der Waals surface area contributed by atoms with Gasteiger partial charge in [0.05, 0.1) is 0 Å². The Morgan fingerprint density at radius 2 is 2.06 bits per heavy atom. The van der Waals surface area contributed by atoms with Crippen LogP contribution in [0.5, 0.6) is 0 Å². The fraction of sp³-hybridized carbons (Fsp3) is 0.154. The molecule has 1 heterocycles. The van der Waals surface area contributed by atoms with Crippen molar-refractivity contribution < 1.29 is 9.50 Å². The van der Waals surface area contributed by atoms with Crippen molar-refractivity contribution in [2.75, 3.05) is 0 Å². The number of benzene rings is 1. The third-order valence-electron chi connectivity index (χ3n) is 2.50. The van der Waals surface area contributed by atoms with E-state index in [1.54, 1.807) is 18.3 Å². The third kappa shape index (κ3) is 2.62. The predicted octanol–water partition coefficient (Wildman–Crippen LogP) is 3.26. The lowest BCUT2D eigenvalue weighted by atomic mass is 10.0. The summed E-state index contributed by atoms with van der Waals surface area (Å²) in [6.07, 6.45) is 0.590. The summed E-state index contributed by atoms with van der Waals surface area (Å²) < 4.78 is 13.1. The smallest absolute Gasteiger partial charge is 0.123 e. The molecular formula is C13H11ClFNO. The molecule has 0 amide bonds.